The Morgan fingerprint density at radius 1 is 1.07 bits per heavy atom. The second-order valence-electron chi connectivity index (χ2n) is 7.87. The topological polar surface area (TPSA) is 100 Å². The Morgan fingerprint density at radius 2 is 1.86 bits per heavy atom. The summed E-state index contributed by atoms with van der Waals surface area (Å²) in [5.41, 5.74) is 1.30. The predicted octanol–water partition coefficient (Wildman–Crippen LogP) is 2.36. The lowest BCUT2D eigenvalue weighted by atomic mass is 9.83. The van der Waals surface area contributed by atoms with Crippen molar-refractivity contribution in [1.29, 1.82) is 0 Å². The van der Waals surface area contributed by atoms with Crippen molar-refractivity contribution in [1.82, 2.24) is 20.4 Å². The zero-order valence-electron chi connectivity index (χ0n) is 16.7. The molecule has 8 nitrogen and oxygen atoms in total. The number of nitrogens with zero attached hydrogens (tertiary/aromatic N) is 3. The molecule has 2 amide bonds. The number of aryl methyl sites for hydroxylation is 1. The predicted molar refractivity (Wildman–Crippen MR) is 108 cm³/mol. The van der Waals surface area contributed by atoms with Gasteiger partial charge in [0.2, 0.25) is 11.8 Å². The number of aromatic nitrogens is 2. The smallest absolute Gasteiger partial charge is 0.313 e. The van der Waals surface area contributed by atoms with Crippen LogP contribution in [0, 0.1) is 12.8 Å². The summed E-state index contributed by atoms with van der Waals surface area (Å²) < 4.78 is 5.38. The van der Waals surface area contributed by atoms with E-state index >= 15 is 0 Å². The summed E-state index contributed by atoms with van der Waals surface area (Å²) in [6.07, 6.45) is 5.99. The largest absolute Gasteiger partial charge is 0.421 e. The van der Waals surface area contributed by atoms with E-state index in [-0.39, 0.29) is 0 Å². The molecule has 0 aliphatic carbocycles. The fraction of sp³-hybridized carbons (Fsp3) is 0.524. The Morgan fingerprint density at radius 3 is 2.62 bits per heavy atom. The first-order valence-electron chi connectivity index (χ1n) is 10.3. The maximum absolute atomic E-state index is 12.3. The van der Waals surface area contributed by atoms with Crippen molar-refractivity contribution in [3.05, 3.63) is 30.2 Å². The molecule has 0 bridgehead atoms. The van der Waals surface area contributed by atoms with Crippen LogP contribution in [0.5, 0.6) is 0 Å². The molecule has 1 aromatic heterocycles. The highest BCUT2D eigenvalue weighted by molar-refractivity contribution is 6.39. The quantitative estimate of drug-likeness (QED) is 0.768. The lowest BCUT2D eigenvalue weighted by Crippen LogP contribution is -2.51. The van der Waals surface area contributed by atoms with Crippen LogP contribution in [0.2, 0.25) is 0 Å². The Kier molecular flexibility index (Phi) is 5.89. The third-order valence-corrected chi connectivity index (χ3v) is 5.88. The van der Waals surface area contributed by atoms with E-state index < -0.39 is 11.8 Å². The SMILES string of the molecule is Cc1nnc(-c2ccc(NC(=O)C(=O)NC[C@@H]3CCCN4CCCC[C@H]34)cc2)o1. The van der Waals surface area contributed by atoms with Gasteiger partial charge in [-0.05, 0) is 69.0 Å². The van der Waals surface area contributed by atoms with Crippen LogP contribution >= 0.6 is 0 Å². The number of hydrogen-bond donors (Lipinski definition) is 2. The zero-order valence-corrected chi connectivity index (χ0v) is 16.7. The summed E-state index contributed by atoms with van der Waals surface area (Å²) in [6.45, 7) is 4.61. The number of piperidine rings is 2. The second kappa shape index (κ2) is 8.73. The van der Waals surface area contributed by atoms with Gasteiger partial charge in [-0.25, -0.2) is 0 Å². The molecule has 4 rings (SSSR count). The lowest BCUT2D eigenvalue weighted by molar-refractivity contribution is -0.136. The minimum Gasteiger partial charge on any atom is -0.421 e. The Balaban J connectivity index is 1.28. The number of carbonyl (C=O) groups excluding carboxylic acids is 2. The number of anilines is 1. The minimum absolute atomic E-state index is 0.419. The first kappa shape index (κ1) is 19.6. The van der Waals surface area contributed by atoms with E-state index in [0.29, 0.717) is 36.0 Å². The van der Waals surface area contributed by atoms with Crippen LogP contribution in [0.4, 0.5) is 5.69 Å². The minimum atomic E-state index is -0.650. The van der Waals surface area contributed by atoms with Crippen LogP contribution in [0.25, 0.3) is 11.5 Å². The molecule has 0 unspecified atom stereocenters. The van der Waals surface area contributed by atoms with Gasteiger partial charge in [-0.2, -0.15) is 0 Å². The zero-order chi connectivity index (χ0) is 20.2. The van der Waals surface area contributed by atoms with Gasteiger partial charge in [0.15, 0.2) is 0 Å². The summed E-state index contributed by atoms with van der Waals surface area (Å²) in [5, 5.41) is 13.2. The molecule has 0 spiro atoms. The van der Waals surface area contributed by atoms with Crippen LogP contribution in [0.1, 0.15) is 38.0 Å². The Bertz CT molecular complexity index is 861. The fourth-order valence-electron chi connectivity index (χ4n) is 4.42. The van der Waals surface area contributed by atoms with Crippen molar-refractivity contribution < 1.29 is 14.0 Å². The molecule has 1 aromatic carbocycles. The van der Waals surface area contributed by atoms with Gasteiger partial charge in [0.1, 0.15) is 0 Å². The molecule has 2 saturated heterocycles. The molecule has 29 heavy (non-hydrogen) atoms. The Hall–Kier alpha value is -2.74. The number of carbonyl (C=O) groups is 2. The van der Waals surface area contributed by atoms with Crippen LogP contribution in [0.3, 0.4) is 0 Å². The number of fused-ring (bicyclic) bond motifs is 1. The van der Waals surface area contributed by atoms with E-state index in [2.05, 4.69) is 25.7 Å². The van der Waals surface area contributed by atoms with Crippen molar-refractivity contribution in [2.75, 3.05) is 25.0 Å². The molecule has 0 radical (unpaired) electrons. The average Bonchev–Trinajstić information content (AvgIpc) is 3.18. The van der Waals surface area contributed by atoms with Gasteiger partial charge in [-0.15, -0.1) is 10.2 Å². The highest BCUT2D eigenvalue weighted by atomic mass is 16.4. The van der Waals surface area contributed by atoms with Crippen LogP contribution in [0.15, 0.2) is 28.7 Å². The molecule has 2 atom stereocenters. The molecule has 154 valence electrons. The average molecular weight is 397 g/mol. The Labute approximate surface area is 170 Å². The maximum atomic E-state index is 12.3. The number of nitrogens with one attached hydrogen (secondary N) is 2. The van der Waals surface area contributed by atoms with E-state index in [1.165, 1.54) is 19.3 Å². The first-order valence-corrected chi connectivity index (χ1v) is 10.3. The molecular formula is C21H27N5O3. The van der Waals surface area contributed by atoms with Gasteiger partial charge >= 0.3 is 11.8 Å². The number of benzene rings is 1. The fourth-order valence-corrected chi connectivity index (χ4v) is 4.42. The highest BCUT2D eigenvalue weighted by Gasteiger charge is 2.33. The van der Waals surface area contributed by atoms with Gasteiger partial charge < -0.3 is 20.0 Å². The highest BCUT2D eigenvalue weighted by Crippen LogP contribution is 2.30. The van der Waals surface area contributed by atoms with Crippen LogP contribution in [-0.2, 0) is 9.59 Å². The summed E-state index contributed by atoms with van der Waals surface area (Å²) in [4.78, 5) is 27.1. The maximum Gasteiger partial charge on any atom is 0.313 e. The third kappa shape index (κ3) is 4.64. The van der Waals surface area contributed by atoms with Gasteiger partial charge in [0, 0.05) is 30.8 Å². The van der Waals surface area contributed by atoms with Crippen molar-refractivity contribution in [3.63, 3.8) is 0 Å². The van der Waals surface area contributed by atoms with Crippen molar-refractivity contribution in [2.24, 2.45) is 5.92 Å². The molecule has 2 aromatic rings. The molecule has 0 saturated carbocycles. The molecule has 2 aliphatic rings. The monoisotopic (exact) mass is 397 g/mol. The summed E-state index contributed by atoms with van der Waals surface area (Å²) in [5.74, 6) is 0.0981. The van der Waals surface area contributed by atoms with E-state index in [1.807, 2.05) is 0 Å². The molecule has 8 heteroatoms. The molecule has 2 N–H and O–H groups in total. The summed E-state index contributed by atoms with van der Waals surface area (Å²) in [6, 6.07) is 7.49. The number of amides is 2. The summed E-state index contributed by atoms with van der Waals surface area (Å²) in [7, 11) is 0. The van der Waals surface area contributed by atoms with E-state index in [9.17, 15) is 9.59 Å². The van der Waals surface area contributed by atoms with Crippen LogP contribution in [-0.4, -0.2) is 52.6 Å². The first-order chi connectivity index (χ1) is 14.1. The number of rotatable bonds is 4. The van der Waals surface area contributed by atoms with E-state index in [1.54, 1.807) is 31.2 Å². The normalized spacial score (nSPS) is 22.0. The summed E-state index contributed by atoms with van der Waals surface area (Å²) >= 11 is 0. The molecule has 2 fully saturated rings. The van der Waals surface area contributed by atoms with Gasteiger partial charge in [0.25, 0.3) is 0 Å². The molecular weight excluding hydrogens is 370 g/mol. The second-order valence-corrected chi connectivity index (χ2v) is 7.87. The standard InChI is InChI=1S/C21H27N5O3/c1-14-24-25-21(29-14)15-7-9-17(10-8-15)23-20(28)19(27)22-13-16-5-4-12-26-11-3-2-6-18(16)26/h7-10,16,18H,2-6,11-13H2,1H3,(H,22,27)(H,23,28)/t16-,18+/m0/s1. The molecule has 2 aliphatic heterocycles. The van der Waals surface area contributed by atoms with E-state index in [0.717, 1.165) is 31.5 Å². The van der Waals surface area contributed by atoms with Crippen molar-refractivity contribution >= 4 is 17.5 Å². The van der Waals surface area contributed by atoms with Gasteiger partial charge in [-0.3, -0.25) is 9.59 Å². The third-order valence-electron chi connectivity index (χ3n) is 5.88. The molecule has 3 heterocycles. The number of hydrogen-bond acceptors (Lipinski definition) is 6. The van der Waals surface area contributed by atoms with Crippen LogP contribution < -0.4 is 10.6 Å². The van der Waals surface area contributed by atoms with Gasteiger partial charge in [0.05, 0.1) is 0 Å². The van der Waals surface area contributed by atoms with Crippen molar-refractivity contribution in [3.8, 4) is 11.5 Å². The van der Waals surface area contributed by atoms with Crippen molar-refractivity contribution in [2.45, 2.75) is 45.1 Å². The van der Waals surface area contributed by atoms with Gasteiger partial charge in [-0.1, -0.05) is 6.42 Å². The lowest BCUT2D eigenvalue weighted by Gasteiger charge is -2.44. The van der Waals surface area contributed by atoms with E-state index in [4.69, 9.17) is 4.42 Å².